The Balaban J connectivity index is 2.27. The minimum atomic E-state index is 0.229. The predicted octanol–water partition coefficient (Wildman–Crippen LogP) is 1.64. The minimum absolute atomic E-state index is 0.229. The standard InChI is InChI=1S/C9H16N2O2S/c1-2-14-7-8-10-9(13-11-8)5-3-4-6-12/h12H,2-7H2,1H3. The van der Waals surface area contributed by atoms with Gasteiger partial charge in [0.2, 0.25) is 5.89 Å². The maximum Gasteiger partial charge on any atom is 0.226 e. The zero-order valence-corrected chi connectivity index (χ0v) is 9.22. The molecule has 1 rings (SSSR count). The number of aliphatic hydroxyl groups is 1. The van der Waals surface area contributed by atoms with Crippen molar-refractivity contribution in [2.45, 2.75) is 31.9 Å². The molecule has 0 aromatic carbocycles. The van der Waals surface area contributed by atoms with Crippen LogP contribution in [0.25, 0.3) is 0 Å². The summed E-state index contributed by atoms with van der Waals surface area (Å²) >= 11 is 1.78. The van der Waals surface area contributed by atoms with Gasteiger partial charge in [-0.3, -0.25) is 0 Å². The molecule has 0 amide bonds. The monoisotopic (exact) mass is 216 g/mol. The number of nitrogens with zero attached hydrogens (tertiary/aromatic N) is 2. The molecule has 0 fully saturated rings. The number of aliphatic hydroxyl groups excluding tert-OH is 1. The van der Waals surface area contributed by atoms with E-state index in [2.05, 4.69) is 17.1 Å². The quantitative estimate of drug-likeness (QED) is 0.702. The highest BCUT2D eigenvalue weighted by molar-refractivity contribution is 7.98. The van der Waals surface area contributed by atoms with Crippen molar-refractivity contribution >= 4 is 11.8 Å². The lowest BCUT2D eigenvalue weighted by molar-refractivity contribution is 0.280. The molecule has 1 N–H and O–H groups in total. The molecule has 0 aliphatic heterocycles. The van der Waals surface area contributed by atoms with Gasteiger partial charge in [-0.1, -0.05) is 12.1 Å². The van der Waals surface area contributed by atoms with E-state index in [9.17, 15) is 0 Å². The maximum atomic E-state index is 8.60. The third-order valence-electron chi connectivity index (χ3n) is 1.74. The fourth-order valence-corrected chi connectivity index (χ4v) is 1.54. The summed E-state index contributed by atoms with van der Waals surface area (Å²) in [5.74, 6) is 3.34. The fraction of sp³-hybridized carbons (Fsp3) is 0.778. The molecule has 0 unspecified atom stereocenters. The first-order chi connectivity index (χ1) is 6.86. The first-order valence-electron chi connectivity index (χ1n) is 4.87. The van der Waals surface area contributed by atoms with Gasteiger partial charge in [0.25, 0.3) is 0 Å². The molecule has 5 heteroatoms. The molecular weight excluding hydrogens is 200 g/mol. The van der Waals surface area contributed by atoms with E-state index < -0.39 is 0 Å². The molecule has 0 atom stereocenters. The predicted molar refractivity (Wildman–Crippen MR) is 56.2 cm³/mol. The zero-order valence-electron chi connectivity index (χ0n) is 8.40. The molecule has 1 heterocycles. The number of aromatic nitrogens is 2. The SMILES string of the molecule is CCSCc1noc(CCCCO)n1. The molecule has 0 saturated carbocycles. The minimum Gasteiger partial charge on any atom is -0.396 e. The smallest absolute Gasteiger partial charge is 0.226 e. The molecule has 0 radical (unpaired) electrons. The van der Waals surface area contributed by atoms with E-state index in [1.165, 1.54) is 0 Å². The molecule has 0 aliphatic carbocycles. The zero-order chi connectivity index (χ0) is 10.2. The molecule has 0 aliphatic rings. The van der Waals surface area contributed by atoms with Gasteiger partial charge in [-0.2, -0.15) is 16.7 Å². The maximum absolute atomic E-state index is 8.60. The Kier molecular flexibility index (Phi) is 5.63. The molecule has 14 heavy (non-hydrogen) atoms. The van der Waals surface area contributed by atoms with Gasteiger partial charge in [-0.15, -0.1) is 0 Å². The van der Waals surface area contributed by atoms with Crippen molar-refractivity contribution in [3.05, 3.63) is 11.7 Å². The summed E-state index contributed by atoms with van der Waals surface area (Å²) in [6, 6.07) is 0. The largest absolute Gasteiger partial charge is 0.396 e. The van der Waals surface area contributed by atoms with Crippen LogP contribution in [-0.4, -0.2) is 27.6 Å². The number of thioether (sulfide) groups is 1. The Morgan fingerprint density at radius 1 is 1.43 bits per heavy atom. The number of hydrogen-bond acceptors (Lipinski definition) is 5. The van der Waals surface area contributed by atoms with Crippen LogP contribution < -0.4 is 0 Å². The van der Waals surface area contributed by atoms with Gasteiger partial charge in [0, 0.05) is 13.0 Å². The van der Waals surface area contributed by atoms with Crippen LogP contribution in [0.3, 0.4) is 0 Å². The number of unbranched alkanes of at least 4 members (excludes halogenated alkanes) is 1. The van der Waals surface area contributed by atoms with E-state index in [1.807, 2.05) is 0 Å². The highest BCUT2D eigenvalue weighted by Crippen LogP contribution is 2.09. The lowest BCUT2D eigenvalue weighted by Gasteiger charge is -1.91. The third kappa shape index (κ3) is 4.11. The molecule has 4 nitrogen and oxygen atoms in total. The Hall–Kier alpha value is -0.550. The molecular formula is C9H16N2O2S. The van der Waals surface area contributed by atoms with Crippen molar-refractivity contribution in [1.29, 1.82) is 0 Å². The number of hydrogen-bond donors (Lipinski definition) is 1. The molecule has 80 valence electrons. The highest BCUT2D eigenvalue weighted by atomic mass is 32.2. The van der Waals surface area contributed by atoms with Gasteiger partial charge in [0.15, 0.2) is 5.82 Å². The van der Waals surface area contributed by atoms with Crippen LogP contribution in [0, 0.1) is 0 Å². The van der Waals surface area contributed by atoms with E-state index in [0.29, 0.717) is 5.89 Å². The van der Waals surface area contributed by atoms with Gasteiger partial charge in [0.05, 0.1) is 5.75 Å². The van der Waals surface area contributed by atoms with Crippen molar-refractivity contribution < 1.29 is 9.63 Å². The topological polar surface area (TPSA) is 59.2 Å². The fourth-order valence-electron chi connectivity index (χ4n) is 1.03. The van der Waals surface area contributed by atoms with Crippen LogP contribution in [-0.2, 0) is 12.2 Å². The summed E-state index contributed by atoms with van der Waals surface area (Å²) in [5.41, 5.74) is 0. The molecule has 1 aromatic rings. The van der Waals surface area contributed by atoms with Crippen molar-refractivity contribution in [3.63, 3.8) is 0 Å². The van der Waals surface area contributed by atoms with E-state index in [-0.39, 0.29) is 6.61 Å². The van der Waals surface area contributed by atoms with Crippen molar-refractivity contribution in [2.24, 2.45) is 0 Å². The third-order valence-corrected chi connectivity index (χ3v) is 2.61. The summed E-state index contributed by atoms with van der Waals surface area (Å²) < 4.78 is 5.05. The second-order valence-corrected chi connectivity index (χ2v) is 4.20. The lowest BCUT2D eigenvalue weighted by Crippen LogP contribution is -1.89. The van der Waals surface area contributed by atoms with Crippen LogP contribution in [0.2, 0.25) is 0 Å². The summed E-state index contributed by atoms with van der Waals surface area (Å²) in [5, 5.41) is 12.5. The van der Waals surface area contributed by atoms with Crippen molar-refractivity contribution in [1.82, 2.24) is 10.1 Å². The van der Waals surface area contributed by atoms with E-state index in [4.69, 9.17) is 9.63 Å². The summed E-state index contributed by atoms with van der Waals surface area (Å²) in [6.45, 7) is 2.33. The molecule has 0 saturated heterocycles. The first-order valence-corrected chi connectivity index (χ1v) is 6.02. The Morgan fingerprint density at radius 2 is 2.29 bits per heavy atom. The van der Waals surface area contributed by atoms with E-state index in [1.54, 1.807) is 11.8 Å². The van der Waals surface area contributed by atoms with E-state index in [0.717, 1.165) is 36.6 Å². The van der Waals surface area contributed by atoms with Gasteiger partial charge in [0.1, 0.15) is 0 Å². The molecule has 1 aromatic heterocycles. The van der Waals surface area contributed by atoms with Crippen LogP contribution in [0.4, 0.5) is 0 Å². The first kappa shape index (κ1) is 11.5. The van der Waals surface area contributed by atoms with Crippen LogP contribution in [0.5, 0.6) is 0 Å². The van der Waals surface area contributed by atoms with Gasteiger partial charge < -0.3 is 9.63 Å². The normalized spacial score (nSPS) is 10.7. The second kappa shape index (κ2) is 6.84. The van der Waals surface area contributed by atoms with Gasteiger partial charge in [-0.05, 0) is 18.6 Å². The van der Waals surface area contributed by atoms with Crippen molar-refractivity contribution in [3.8, 4) is 0 Å². The van der Waals surface area contributed by atoms with Gasteiger partial charge in [-0.25, -0.2) is 0 Å². The van der Waals surface area contributed by atoms with Crippen molar-refractivity contribution in [2.75, 3.05) is 12.4 Å². The Labute approximate surface area is 88.1 Å². The Morgan fingerprint density at radius 3 is 3.00 bits per heavy atom. The number of aryl methyl sites for hydroxylation is 1. The van der Waals surface area contributed by atoms with Crippen LogP contribution in [0.1, 0.15) is 31.5 Å². The number of rotatable bonds is 7. The lowest BCUT2D eigenvalue weighted by atomic mass is 10.2. The van der Waals surface area contributed by atoms with Crippen LogP contribution >= 0.6 is 11.8 Å². The average Bonchev–Trinajstić information content (AvgIpc) is 2.63. The molecule has 0 spiro atoms. The Bertz CT molecular complexity index is 253. The summed E-state index contributed by atoms with van der Waals surface area (Å²) in [4.78, 5) is 4.24. The molecule has 0 bridgehead atoms. The second-order valence-electron chi connectivity index (χ2n) is 2.92. The summed E-state index contributed by atoms with van der Waals surface area (Å²) in [7, 11) is 0. The van der Waals surface area contributed by atoms with Crippen LogP contribution in [0.15, 0.2) is 4.52 Å². The highest BCUT2D eigenvalue weighted by Gasteiger charge is 2.04. The summed E-state index contributed by atoms with van der Waals surface area (Å²) in [6.07, 6.45) is 2.46. The van der Waals surface area contributed by atoms with Gasteiger partial charge >= 0.3 is 0 Å². The van der Waals surface area contributed by atoms with E-state index >= 15 is 0 Å². The average molecular weight is 216 g/mol.